The van der Waals surface area contributed by atoms with E-state index in [9.17, 15) is 26.4 Å². The minimum Gasteiger partial charge on any atom is -0.378 e. The highest BCUT2D eigenvalue weighted by atomic mass is 35.5. The standard InChI is InChI=1S/C27H21Cl2F3N2O4S/c28-23-9-8-21(26(35)33-10-12-38-13-11-33)25(29)22(23)16-19-14-17-6-7-18(27(30,31)32)15-24(17)34(19)39(36,37)20-4-2-1-3-5-20/h1-9,14-15H,10-13,16H2. The molecule has 3 aromatic carbocycles. The van der Waals surface area contributed by atoms with Crippen molar-refractivity contribution in [1.82, 2.24) is 8.87 Å². The van der Waals surface area contributed by atoms with Gasteiger partial charge in [0.05, 0.1) is 39.8 Å². The van der Waals surface area contributed by atoms with Gasteiger partial charge in [-0.2, -0.15) is 13.2 Å². The fraction of sp³-hybridized carbons (Fsp3) is 0.222. The maximum Gasteiger partial charge on any atom is 0.416 e. The van der Waals surface area contributed by atoms with Crippen LogP contribution in [-0.2, 0) is 27.4 Å². The Morgan fingerprint density at radius 2 is 1.64 bits per heavy atom. The summed E-state index contributed by atoms with van der Waals surface area (Å²) in [5.41, 5.74) is -0.533. The zero-order valence-electron chi connectivity index (χ0n) is 20.2. The van der Waals surface area contributed by atoms with Gasteiger partial charge in [0.1, 0.15) is 0 Å². The Kier molecular flexibility index (Phi) is 7.41. The van der Waals surface area contributed by atoms with Gasteiger partial charge in [0, 0.05) is 35.6 Å². The van der Waals surface area contributed by atoms with Crippen molar-refractivity contribution >= 4 is 50.0 Å². The Labute approximate surface area is 232 Å². The molecule has 1 aromatic heterocycles. The molecule has 0 atom stereocenters. The molecule has 2 heterocycles. The van der Waals surface area contributed by atoms with Crippen molar-refractivity contribution in [3.8, 4) is 0 Å². The van der Waals surface area contributed by atoms with E-state index in [1.165, 1.54) is 48.5 Å². The first-order chi connectivity index (χ1) is 18.5. The molecule has 0 N–H and O–H groups in total. The summed E-state index contributed by atoms with van der Waals surface area (Å²) in [7, 11) is -4.33. The Morgan fingerprint density at radius 1 is 0.949 bits per heavy atom. The van der Waals surface area contributed by atoms with Gasteiger partial charge in [-0.1, -0.05) is 47.5 Å². The van der Waals surface area contributed by atoms with Crippen molar-refractivity contribution in [2.75, 3.05) is 26.3 Å². The van der Waals surface area contributed by atoms with Crippen molar-refractivity contribution in [3.63, 3.8) is 0 Å². The topological polar surface area (TPSA) is 68.6 Å². The molecule has 39 heavy (non-hydrogen) atoms. The molecule has 0 aliphatic carbocycles. The van der Waals surface area contributed by atoms with E-state index in [1.54, 1.807) is 11.0 Å². The highest BCUT2D eigenvalue weighted by Gasteiger charge is 2.32. The fourth-order valence-electron chi connectivity index (χ4n) is 4.56. The number of carbonyl (C=O) groups excluding carboxylic acids is 1. The predicted octanol–water partition coefficient (Wildman–Crippen LogP) is 6.27. The van der Waals surface area contributed by atoms with Crippen LogP contribution in [0.4, 0.5) is 13.2 Å². The number of fused-ring (bicyclic) bond motifs is 1. The molecule has 0 bridgehead atoms. The van der Waals surface area contributed by atoms with Crippen LogP contribution in [0, 0.1) is 0 Å². The van der Waals surface area contributed by atoms with Gasteiger partial charge in [0.25, 0.3) is 15.9 Å². The van der Waals surface area contributed by atoms with Crippen LogP contribution in [0.15, 0.2) is 71.6 Å². The lowest BCUT2D eigenvalue weighted by molar-refractivity contribution is -0.137. The van der Waals surface area contributed by atoms with E-state index in [0.29, 0.717) is 26.3 Å². The third kappa shape index (κ3) is 5.26. The van der Waals surface area contributed by atoms with Gasteiger partial charge in [0.15, 0.2) is 0 Å². The first-order valence-electron chi connectivity index (χ1n) is 11.8. The maximum absolute atomic E-state index is 13.8. The maximum atomic E-state index is 13.8. The second kappa shape index (κ2) is 10.5. The molecule has 0 radical (unpaired) electrons. The Morgan fingerprint density at radius 3 is 2.31 bits per heavy atom. The van der Waals surface area contributed by atoms with Crippen molar-refractivity contribution in [1.29, 1.82) is 0 Å². The molecule has 1 fully saturated rings. The number of morpholine rings is 1. The van der Waals surface area contributed by atoms with Crippen LogP contribution in [0.3, 0.4) is 0 Å². The summed E-state index contributed by atoms with van der Waals surface area (Å²) in [5.74, 6) is -0.325. The largest absolute Gasteiger partial charge is 0.416 e. The number of nitrogens with zero attached hydrogens (tertiary/aromatic N) is 2. The van der Waals surface area contributed by atoms with E-state index >= 15 is 0 Å². The first-order valence-corrected chi connectivity index (χ1v) is 14.0. The Hall–Kier alpha value is -3.05. The number of hydrogen-bond donors (Lipinski definition) is 0. The number of alkyl halides is 3. The highest BCUT2D eigenvalue weighted by molar-refractivity contribution is 7.90. The van der Waals surface area contributed by atoms with Crippen LogP contribution < -0.4 is 0 Å². The molecule has 1 amide bonds. The van der Waals surface area contributed by atoms with E-state index in [2.05, 4.69) is 0 Å². The van der Waals surface area contributed by atoms with Crippen molar-refractivity contribution in [2.45, 2.75) is 17.5 Å². The summed E-state index contributed by atoms with van der Waals surface area (Å²) in [6.07, 6.45) is -4.84. The summed E-state index contributed by atoms with van der Waals surface area (Å²) in [5, 5.41) is 0.512. The number of aromatic nitrogens is 1. The summed E-state index contributed by atoms with van der Waals surface area (Å²) in [4.78, 5) is 14.6. The van der Waals surface area contributed by atoms with Gasteiger partial charge in [-0.15, -0.1) is 0 Å². The Balaban J connectivity index is 1.67. The van der Waals surface area contributed by atoms with E-state index in [4.69, 9.17) is 27.9 Å². The molecule has 1 aliphatic heterocycles. The molecular formula is C27H21Cl2F3N2O4S. The average Bonchev–Trinajstić information content (AvgIpc) is 3.29. The summed E-state index contributed by atoms with van der Waals surface area (Å²) in [6, 6.07) is 14.8. The van der Waals surface area contributed by atoms with Gasteiger partial charge in [-0.25, -0.2) is 12.4 Å². The van der Waals surface area contributed by atoms with Crippen molar-refractivity contribution < 1.29 is 31.1 Å². The first kappa shape index (κ1) is 27.5. The molecule has 12 heteroatoms. The minimum atomic E-state index is -4.68. The summed E-state index contributed by atoms with van der Waals surface area (Å²) in [6.45, 7) is 1.55. The van der Waals surface area contributed by atoms with Gasteiger partial charge in [0.2, 0.25) is 0 Å². The predicted molar refractivity (Wildman–Crippen MR) is 142 cm³/mol. The molecule has 1 aliphatic rings. The van der Waals surface area contributed by atoms with E-state index in [1.807, 2.05) is 0 Å². The molecule has 0 saturated carbocycles. The Bertz CT molecular complexity index is 1670. The van der Waals surface area contributed by atoms with Gasteiger partial charge >= 0.3 is 6.18 Å². The molecule has 0 unspecified atom stereocenters. The van der Waals surface area contributed by atoms with Gasteiger partial charge < -0.3 is 9.64 Å². The highest BCUT2D eigenvalue weighted by Crippen LogP contribution is 2.37. The number of amides is 1. The number of rotatable bonds is 5. The molecular weight excluding hydrogens is 576 g/mol. The van der Waals surface area contributed by atoms with Crippen LogP contribution >= 0.6 is 23.2 Å². The van der Waals surface area contributed by atoms with E-state index < -0.39 is 21.8 Å². The zero-order valence-corrected chi connectivity index (χ0v) is 22.5. The second-order valence-electron chi connectivity index (χ2n) is 8.96. The van der Waals surface area contributed by atoms with Gasteiger partial charge in [-0.05, 0) is 48.0 Å². The fourth-order valence-corrected chi connectivity index (χ4v) is 6.70. The monoisotopic (exact) mass is 596 g/mol. The zero-order chi connectivity index (χ0) is 27.9. The van der Waals surface area contributed by atoms with Crippen LogP contribution in [0.1, 0.15) is 27.2 Å². The van der Waals surface area contributed by atoms with E-state index in [-0.39, 0.29) is 55.0 Å². The quantitative estimate of drug-likeness (QED) is 0.272. The number of carbonyl (C=O) groups is 1. The van der Waals surface area contributed by atoms with Crippen molar-refractivity contribution in [2.24, 2.45) is 0 Å². The van der Waals surface area contributed by atoms with Crippen LogP contribution in [0.5, 0.6) is 0 Å². The number of ether oxygens (including phenoxy) is 1. The third-order valence-electron chi connectivity index (χ3n) is 6.51. The van der Waals surface area contributed by atoms with Crippen molar-refractivity contribution in [3.05, 3.63) is 99.2 Å². The molecule has 4 aromatic rings. The average molecular weight is 597 g/mol. The van der Waals surface area contributed by atoms with Crippen LogP contribution in [0.2, 0.25) is 10.0 Å². The normalized spacial score (nSPS) is 14.6. The van der Waals surface area contributed by atoms with Gasteiger partial charge in [-0.3, -0.25) is 4.79 Å². The second-order valence-corrected chi connectivity index (χ2v) is 11.5. The number of halogens is 5. The smallest absolute Gasteiger partial charge is 0.378 e. The third-order valence-corrected chi connectivity index (χ3v) is 9.08. The lowest BCUT2D eigenvalue weighted by atomic mass is 10.0. The molecule has 6 nitrogen and oxygen atoms in total. The summed E-state index contributed by atoms with van der Waals surface area (Å²) < 4.78 is 74.4. The summed E-state index contributed by atoms with van der Waals surface area (Å²) >= 11 is 13.1. The number of hydrogen-bond acceptors (Lipinski definition) is 4. The molecule has 1 saturated heterocycles. The minimum absolute atomic E-state index is 0.0453. The molecule has 0 spiro atoms. The SMILES string of the molecule is O=C(c1ccc(Cl)c(Cc2cc3ccc(C(F)(F)F)cc3n2S(=O)(=O)c2ccccc2)c1Cl)N1CCOCC1. The van der Waals surface area contributed by atoms with E-state index in [0.717, 1.165) is 16.1 Å². The lowest BCUT2D eigenvalue weighted by Gasteiger charge is -2.27. The van der Waals surface area contributed by atoms with Crippen LogP contribution in [-0.4, -0.2) is 49.5 Å². The molecule has 5 rings (SSSR count). The molecule has 204 valence electrons. The van der Waals surface area contributed by atoms with Crippen LogP contribution in [0.25, 0.3) is 10.9 Å². The lowest BCUT2D eigenvalue weighted by Crippen LogP contribution is -2.40. The number of benzene rings is 3.